The van der Waals surface area contributed by atoms with Crippen molar-refractivity contribution >= 4 is 5.57 Å². The molecule has 0 radical (unpaired) electrons. The monoisotopic (exact) mass is 236 g/mol. The first-order chi connectivity index (χ1) is 8.60. The molecule has 0 aromatic heterocycles. The predicted molar refractivity (Wildman–Crippen MR) is 75.8 cm³/mol. The maximum Gasteiger partial charge on any atom is 0.104 e. The summed E-state index contributed by atoms with van der Waals surface area (Å²) < 4.78 is 0. The number of aliphatic hydroxyl groups excluding tert-OH is 1. The number of allylic oxidation sites excluding steroid dienone is 2. The largest absolute Gasteiger partial charge is 0.387 e. The van der Waals surface area contributed by atoms with E-state index >= 15 is 0 Å². The van der Waals surface area contributed by atoms with E-state index in [2.05, 4.69) is 12.5 Å². The van der Waals surface area contributed by atoms with Crippen LogP contribution in [0.25, 0.3) is 5.57 Å². The first-order valence-corrected chi connectivity index (χ1v) is 5.88. The lowest BCUT2D eigenvalue weighted by molar-refractivity contribution is 0.169. The van der Waals surface area contributed by atoms with Crippen LogP contribution in [-0.2, 0) is 0 Å². The van der Waals surface area contributed by atoms with Crippen molar-refractivity contribution < 1.29 is 5.11 Å². The highest BCUT2D eigenvalue weighted by Crippen LogP contribution is 2.40. The van der Waals surface area contributed by atoms with Crippen molar-refractivity contribution in [1.82, 2.24) is 0 Å². The van der Waals surface area contributed by atoms with E-state index in [1.165, 1.54) is 5.56 Å². The number of benzene rings is 1. The Hall–Kier alpha value is -2.04. The second-order valence-electron chi connectivity index (χ2n) is 4.55. The molecule has 18 heavy (non-hydrogen) atoms. The molecule has 0 heterocycles. The zero-order valence-corrected chi connectivity index (χ0v) is 10.4. The first-order valence-electron chi connectivity index (χ1n) is 5.88. The van der Waals surface area contributed by atoms with Crippen molar-refractivity contribution in [2.45, 2.75) is 13.0 Å². The molecule has 1 aromatic carbocycles. The van der Waals surface area contributed by atoms with Gasteiger partial charge in [0.1, 0.15) is 5.41 Å². The van der Waals surface area contributed by atoms with E-state index in [-0.39, 0.29) is 0 Å². The molecule has 0 spiro atoms. The van der Waals surface area contributed by atoms with Crippen molar-refractivity contribution in [3.63, 3.8) is 0 Å². The summed E-state index contributed by atoms with van der Waals surface area (Å²) in [5, 5.41) is 10.2. The lowest BCUT2D eigenvalue weighted by atomic mass is 9.72. The van der Waals surface area contributed by atoms with E-state index in [0.29, 0.717) is 0 Å². The van der Waals surface area contributed by atoms with Gasteiger partial charge in [-0.15, -0.1) is 6.42 Å². The van der Waals surface area contributed by atoms with Gasteiger partial charge in [0, 0.05) is 0 Å². The fourth-order valence-electron chi connectivity index (χ4n) is 2.12. The summed E-state index contributed by atoms with van der Waals surface area (Å²) in [5.74, 6) is 2.69. The Kier molecular flexibility index (Phi) is 3.23. The van der Waals surface area contributed by atoms with Gasteiger partial charge in [-0.05, 0) is 18.1 Å². The van der Waals surface area contributed by atoms with Gasteiger partial charge in [0.05, 0.1) is 6.10 Å². The number of rotatable bonds is 2. The van der Waals surface area contributed by atoms with E-state index in [4.69, 9.17) is 6.42 Å². The molecule has 2 atom stereocenters. The second kappa shape index (κ2) is 4.68. The molecular formula is C17H16O. The maximum absolute atomic E-state index is 10.2. The number of terminal acetylenes is 1. The van der Waals surface area contributed by atoms with Gasteiger partial charge in [-0.3, -0.25) is 0 Å². The molecule has 0 saturated heterocycles. The Morgan fingerprint density at radius 3 is 2.56 bits per heavy atom. The molecule has 0 aliphatic heterocycles. The van der Waals surface area contributed by atoms with Crippen LogP contribution >= 0.6 is 0 Å². The molecule has 1 aliphatic rings. The minimum Gasteiger partial charge on any atom is -0.387 e. The number of aryl methyl sites for hydroxylation is 1. The van der Waals surface area contributed by atoms with Gasteiger partial charge in [-0.25, -0.2) is 0 Å². The van der Waals surface area contributed by atoms with E-state index in [1.54, 1.807) is 12.2 Å². The van der Waals surface area contributed by atoms with E-state index in [0.717, 1.165) is 11.1 Å². The van der Waals surface area contributed by atoms with Crippen LogP contribution in [0.4, 0.5) is 0 Å². The molecule has 1 N–H and O–H groups in total. The summed E-state index contributed by atoms with van der Waals surface area (Å²) in [7, 11) is 0. The second-order valence-corrected chi connectivity index (χ2v) is 4.55. The van der Waals surface area contributed by atoms with Gasteiger partial charge in [-0.2, -0.15) is 0 Å². The van der Waals surface area contributed by atoms with Gasteiger partial charge in [0.25, 0.3) is 0 Å². The fraction of sp³-hybridized carbons (Fsp3) is 0.176. The molecule has 2 unspecified atom stereocenters. The van der Waals surface area contributed by atoms with Crippen LogP contribution in [0.3, 0.4) is 0 Å². The van der Waals surface area contributed by atoms with E-state index in [1.807, 2.05) is 43.3 Å². The van der Waals surface area contributed by atoms with Gasteiger partial charge >= 0.3 is 0 Å². The van der Waals surface area contributed by atoms with Crippen molar-refractivity contribution in [2.75, 3.05) is 0 Å². The highest BCUT2D eigenvalue weighted by atomic mass is 16.3. The maximum atomic E-state index is 10.2. The minimum atomic E-state index is -0.843. The van der Waals surface area contributed by atoms with Crippen LogP contribution in [0.5, 0.6) is 0 Å². The molecule has 1 aliphatic carbocycles. The molecule has 1 nitrogen and oxygen atoms in total. The van der Waals surface area contributed by atoms with Crippen LogP contribution < -0.4 is 0 Å². The standard InChI is InChI=1S/C17H16O/c1-4-17(12-6-5-7-16(17)18)14(3)15-10-8-13(2)9-11-15/h1,5-12,16,18H,3H2,2H3. The average Bonchev–Trinajstić information content (AvgIpc) is 2.40. The summed E-state index contributed by atoms with van der Waals surface area (Å²) in [5.41, 5.74) is 2.04. The van der Waals surface area contributed by atoms with Crippen LogP contribution in [-0.4, -0.2) is 11.2 Å². The lowest BCUT2D eigenvalue weighted by Crippen LogP contribution is -2.32. The van der Waals surface area contributed by atoms with Gasteiger partial charge in [0.2, 0.25) is 0 Å². The van der Waals surface area contributed by atoms with Crippen LogP contribution in [0.1, 0.15) is 11.1 Å². The highest BCUT2D eigenvalue weighted by molar-refractivity contribution is 5.75. The molecule has 1 aromatic rings. The third-order valence-electron chi connectivity index (χ3n) is 3.37. The predicted octanol–water partition coefficient (Wildman–Crippen LogP) is 3.11. The van der Waals surface area contributed by atoms with Crippen LogP contribution in [0, 0.1) is 24.7 Å². The SMILES string of the molecule is C#CC1(C(=C)c2ccc(C)cc2)C=CC=CC1O. The van der Waals surface area contributed by atoms with Crippen molar-refractivity contribution in [3.8, 4) is 12.3 Å². The minimum absolute atomic E-state index is 0.735. The van der Waals surface area contributed by atoms with Crippen molar-refractivity contribution in [2.24, 2.45) is 5.41 Å². The Labute approximate surface area is 108 Å². The summed E-state index contributed by atoms with van der Waals surface area (Å²) in [6.07, 6.45) is 12.1. The van der Waals surface area contributed by atoms with Gasteiger partial charge in [-0.1, -0.05) is 66.6 Å². The summed E-state index contributed by atoms with van der Waals surface area (Å²) in [6, 6.07) is 7.99. The molecule has 0 bridgehead atoms. The number of aliphatic hydroxyl groups is 1. The molecule has 2 rings (SSSR count). The number of hydrogen-bond donors (Lipinski definition) is 1. The topological polar surface area (TPSA) is 20.2 Å². The van der Waals surface area contributed by atoms with Gasteiger partial charge in [0.15, 0.2) is 0 Å². The first kappa shape index (κ1) is 12.4. The molecule has 90 valence electrons. The fourth-order valence-corrected chi connectivity index (χ4v) is 2.12. The van der Waals surface area contributed by atoms with E-state index < -0.39 is 11.5 Å². The van der Waals surface area contributed by atoms with Crippen molar-refractivity contribution in [1.29, 1.82) is 0 Å². The van der Waals surface area contributed by atoms with Gasteiger partial charge < -0.3 is 5.11 Å². The summed E-state index contributed by atoms with van der Waals surface area (Å²) in [6.45, 7) is 6.11. The molecule has 0 amide bonds. The van der Waals surface area contributed by atoms with E-state index in [9.17, 15) is 5.11 Å². The van der Waals surface area contributed by atoms with Crippen LogP contribution in [0.15, 0.2) is 55.1 Å². The molecule has 0 saturated carbocycles. The Morgan fingerprint density at radius 2 is 2.00 bits per heavy atom. The smallest absolute Gasteiger partial charge is 0.104 e. The average molecular weight is 236 g/mol. The summed E-state index contributed by atoms with van der Waals surface area (Å²) in [4.78, 5) is 0. The Morgan fingerprint density at radius 1 is 1.33 bits per heavy atom. The molecule has 1 heteroatoms. The Bertz CT molecular complexity index is 554. The van der Waals surface area contributed by atoms with Crippen LogP contribution in [0.2, 0.25) is 0 Å². The molecular weight excluding hydrogens is 220 g/mol. The third-order valence-corrected chi connectivity index (χ3v) is 3.37. The number of hydrogen-bond acceptors (Lipinski definition) is 1. The highest BCUT2D eigenvalue weighted by Gasteiger charge is 2.36. The summed E-state index contributed by atoms with van der Waals surface area (Å²) >= 11 is 0. The lowest BCUT2D eigenvalue weighted by Gasteiger charge is -2.32. The third kappa shape index (κ3) is 1.92. The Balaban J connectivity index is 2.43. The quantitative estimate of drug-likeness (QED) is 0.782. The normalized spacial score (nSPS) is 25.7. The van der Waals surface area contributed by atoms with Crippen molar-refractivity contribution in [3.05, 3.63) is 66.3 Å². The zero-order chi connectivity index (χ0) is 13.2. The molecule has 0 fully saturated rings. The zero-order valence-electron chi connectivity index (χ0n) is 10.4.